The molecule has 0 unspecified atom stereocenters. The fourth-order valence-corrected chi connectivity index (χ4v) is 3.40. The van der Waals surface area contributed by atoms with Gasteiger partial charge in [-0.25, -0.2) is 8.42 Å². The van der Waals surface area contributed by atoms with Crippen LogP contribution in [0.5, 0.6) is 0 Å². The van der Waals surface area contributed by atoms with E-state index in [4.69, 9.17) is 0 Å². The van der Waals surface area contributed by atoms with Crippen molar-refractivity contribution in [3.63, 3.8) is 0 Å². The van der Waals surface area contributed by atoms with Gasteiger partial charge in [0, 0.05) is 13.1 Å². The Morgan fingerprint density at radius 2 is 1.74 bits per heavy atom. The molecule has 0 aliphatic carbocycles. The molecular formula is C12H14F3NO2S. The first kappa shape index (κ1) is 14.3. The van der Waals surface area contributed by atoms with E-state index in [-0.39, 0.29) is 17.4 Å². The van der Waals surface area contributed by atoms with Crippen LogP contribution in [-0.4, -0.2) is 32.5 Å². The number of sulfone groups is 1. The Labute approximate surface area is 109 Å². The second-order valence-electron chi connectivity index (χ2n) is 4.59. The average molecular weight is 293 g/mol. The summed E-state index contributed by atoms with van der Waals surface area (Å²) < 4.78 is 60.6. The first-order valence-electron chi connectivity index (χ1n) is 5.87. The Bertz CT molecular complexity index is 533. The van der Waals surface area contributed by atoms with Crippen LogP contribution in [0.25, 0.3) is 0 Å². The molecule has 1 aromatic rings. The number of nitrogens with one attached hydrogen (secondary N) is 1. The molecule has 0 saturated carbocycles. The van der Waals surface area contributed by atoms with Gasteiger partial charge in [-0.2, -0.15) is 13.2 Å². The lowest BCUT2D eigenvalue weighted by Gasteiger charge is -2.26. The monoisotopic (exact) mass is 293 g/mol. The van der Waals surface area contributed by atoms with Gasteiger partial charge in [0.1, 0.15) is 0 Å². The summed E-state index contributed by atoms with van der Waals surface area (Å²) in [5.74, 6) is -0.0231. The fraction of sp³-hybridized carbons (Fsp3) is 0.500. The first-order chi connectivity index (χ1) is 8.79. The normalized spacial score (nSPS) is 17.2. The molecule has 1 aromatic carbocycles. The van der Waals surface area contributed by atoms with E-state index < -0.39 is 21.6 Å². The highest BCUT2D eigenvalue weighted by Crippen LogP contribution is 2.29. The summed E-state index contributed by atoms with van der Waals surface area (Å²) in [6, 6.07) is 4.62. The number of rotatable bonds is 4. The fourth-order valence-electron chi connectivity index (χ4n) is 1.80. The second kappa shape index (κ2) is 5.13. The lowest BCUT2D eigenvalue weighted by molar-refractivity contribution is -0.137. The third-order valence-corrected chi connectivity index (χ3v) is 5.33. The molecule has 0 spiro atoms. The van der Waals surface area contributed by atoms with Gasteiger partial charge in [-0.05, 0) is 24.1 Å². The Morgan fingerprint density at radius 3 is 2.16 bits per heavy atom. The predicted molar refractivity (Wildman–Crippen MR) is 65.6 cm³/mol. The van der Waals surface area contributed by atoms with Crippen LogP contribution in [0.3, 0.4) is 0 Å². The number of hydrogen-bond donors (Lipinski definition) is 1. The van der Waals surface area contributed by atoms with E-state index in [9.17, 15) is 21.6 Å². The summed E-state index contributed by atoms with van der Waals surface area (Å²) in [6.07, 6.45) is -4.11. The topological polar surface area (TPSA) is 46.2 Å². The van der Waals surface area contributed by atoms with Gasteiger partial charge in [-0.15, -0.1) is 0 Å². The Morgan fingerprint density at radius 1 is 1.16 bits per heavy atom. The predicted octanol–water partition coefficient (Wildman–Crippen LogP) is 1.63. The highest BCUT2D eigenvalue weighted by molar-refractivity contribution is 7.92. The smallest absolute Gasteiger partial charge is 0.314 e. The van der Waals surface area contributed by atoms with E-state index >= 15 is 0 Å². The third kappa shape index (κ3) is 3.48. The van der Waals surface area contributed by atoms with Crippen LogP contribution in [0.1, 0.15) is 11.1 Å². The van der Waals surface area contributed by atoms with Crippen molar-refractivity contribution in [1.82, 2.24) is 5.32 Å². The lowest BCUT2D eigenvalue weighted by atomic mass is 10.1. The van der Waals surface area contributed by atoms with E-state index in [1.807, 2.05) is 0 Å². The first-order valence-corrected chi connectivity index (χ1v) is 7.59. The van der Waals surface area contributed by atoms with Gasteiger partial charge in [0.05, 0.1) is 16.6 Å². The number of hydrogen-bond acceptors (Lipinski definition) is 3. The molecule has 0 atom stereocenters. The van der Waals surface area contributed by atoms with Crippen molar-refractivity contribution in [3.8, 4) is 0 Å². The second-order valence-corrected chi connectivity index (χ2v) is 6.99. The van der Waals surface area contributed by atoms with Gasteiger partial charge in [0.15, 0.2) is 9.84 Å². The molecule has 106 valence electrons. The van der Waals surface area contributed by atoms with Crippen molar-refractivity contribution in [2.75, 3.05) is 18.8 Å². The number of aryl methyl sites for hydroxylation is 1. The molecule has 19 heavy (non-hydrogen) atoms. The van der Waals surface area contributed by atoms with E-state index in [0.717, 1.165) is 12.1 Å². The molecule has 3 nitrogen and oxygen atoms in total. The number of alkyl halides is 3. The Balaban J connectivity index is 1.97. The minimum absolute atomic E-state index is 0.0231. The molecule has 1 N–H and O–H groups in total. The standard InChI is InChI=1S/C12H14F3NO2S/c13-12(14,15)10-3-1-9(2-4-10)5-6-19(17,18)11-7-16-8-11/h1-4,11,16H,5-8H2. The highest BCUT2D eigenvalue weighted by atomic mass is 32.2. The molecular weight excluding hydrogens is 279 g/mol. The zero-order chi connectivity index (χ0) is 14.1. The molecule has 0 radical (unpaired) electrons. The zero-order valence-corrected chi connectivity index (χ0v) is 10.9. The van der Waals surface area contributed by atoms with Crippen LogP contribution in [0.15, 0.2) is 24.3 Å². The summed E-state index contributed by atoms with van der Waals surface area (Å²) in [7, 11) is -3.14. The average Bonchev–Trinajstić information content (AvgIpc) is 2.23. The summed E-state index contributed by atoms with van der Waals surface area (Å²) >= 11 is 0. The zero-order valence-electron chi connectivity index (χ0n) is 10.1. The lowest BCUT2D eigenvalue weighted by Crippen LogP contribution is -2.52. The Hall–Kier alpha value is -1.08. The van der Waals surface area contributed by atoms with Crippen LogP contribution in [-0.2, 0) is 22.4 Å². The summed E-state index contributed by atoms with van der Waals surface area (Å²) in [5.41, 5.74) is -0.119. The van der Waals surface area contributed by atoms with Crippen LogP contribution in [0, 0.1) is 0 Å². The van der Waals surface area contributed by atoms with E-state index in [1.165, 1.54) is 12.1 Å². The van der Waals surface area contributed by atoms with E-state index in [2.05, 4.69) is 5.32 Å². The van der Waals surface area contributed by atoms with Crippen molar-refractivity contribution in [2.24, 2.45) is 0 Å². The van der Waals surface area contributed by atoms with Crippen molar-refractivity contribution in [2.45, 2.75) is 17.8 Å². The molecule has 1 fully saturated rings. The molecule has 0 aromatic heterocycles. The summed E-state index contributed by atoms with van der Waals surface area (Å²) in [5, 5.41) is 2.54. The summed E-state index contributed by atoms with van der Waals surface area (Å²) in [6.45, 7) is 0.935. The molecule has 1 aliphatic heterocycles. The van der Waals surface area contributed by atoms with Gasteiger partial charge < -0.3 is 5.32 Å². The van der Waals surface area contributed by atoms with Gasteiger partial charge in [-0.3, -0.25) is 0 Å². The third-order valence-electron chi connectivity index (χ3n) is 3.21. The van der Waals surface area contributed by atoms with E-state index in [0.29, 0.717) is 18.7 Å². The van der Waals surface area contributed by atoms with Crippen LogP contribution in [0.2, 0.25) is 0 Å². The van der Waals surface area contributed by atoms with Crippen LogP contribution >= 0.6 is 0 Å². The molecule has 2 rings (SSSR count). The molecule has 7 heteroatoms. The molecule has 0 amide bonds. The van der Waals surface area contributed by atoms with Gasteiger partial charge in [0.2, 0.25) is 0 Å². The SMILES string of the molecule is O=S(=O)(CCc1ccc(C(F)(F)F)cc1)C1CNC1. The quantitative estimate of drug-likeness (QED) is 0.918. The highest BCUT2D eigenvalue weighted by Gasteiger charge is 2.31. The molecule has 1 aliphatic rings. The van der Waals surface area contributed by atoms with Gasteiger partial charge in [0.25, 0.3) is 0 Å². The maximum Gasteiger partial charge on any atom is 0.416 e. The van der Waals surface area contributed by atoms with Crippen molar-refractivity contribution in [1.29, 1.82) is 0 Å². The summed E-state index contributed by atoms with van der Waals surface area (Å²) in [4.78, 5) is 0. The molecule has 0 bridgehead atoms. The number of halogens is 3. The Kier molecular flexibility index (Phi) is 3.87. The maximum absolute atomic E-state index is 12.4. The van der Waals surface area contributed by atoms with Crippen molar-refractivity contribution >= 4 is 9.84 Å². The minimum atomic E-state index is -4.36. The van der Waals surface area contributed by atoms with Crippen molar-refractivity contribution < 1.29 is 21.6 Å². The van der Waals surface area contributed by atoms with Crippen molar-refractivity contribution in [3.05, 3.63) is 35.4 Å². The largest absolute Gasteiger partial charge is 0.416 e. The van der Waals surface area contributed by atoms with Gasteiger partial charge in [-0.1, -0.05) is 12.1 Å². The van der Waals surface area contributed by atoms with Gasteiger partial charge >= 0.3 is 6.18 Å². The molecule has 1 heterocycles. The maximum atomic E-state index is 12.4. The molecule has 1 saturated heterocycles. The minimum Gasteiger partial charge on any atom is -0.314 e. The number of benzene rings is 1. The van der Waals surface area contributed by atoms with E-state index in [1.54, 1.807) is 0 Å². The van der Waals surface area contributed by atoms with Crippen LogP contribution in [0.4, 0.5) is 13.2 Å². The van der Waals surface area contributed by atoms with Crippen LogP contribution < -0.4 is 5.32 Å².